The summed E-state index contributed by atoms with van der Waals surface area (Å²) in [5.41, 5.74) is 1.14. The molecule has 0 aromatic carbocycles. The molecular weight excluding hydrogens is 388 g/mol. The van der Waals surface area contributed by atoms with Crippen molar-refractivity contribution in [2.24, 2.45) is 0 Å². The number of aromatic nitrogens is 5. The summed E-state index contributed by atoms with van der Waals surface area (Å²) < 4.78 is 11.9. The molecule has 30 heavy (non-hydrogen) atoms. The van der Waals surface area contributed by atoms with Gasteiger partial charge in [-0.2, -0.15) is 4.98 Å². The number of carbonyl (C=O) groups excluding carboxylic acids is 1. The third kappa shape index (κ3) is 3.71. The Kier molecular flexibility index (Phi) is 5.38. The van der Waals surface area contributed by atoms with E-state index in [1.807, 2.05) is 0 Å². The van der Waals surface area contributed by atoms with E-state index in [-0.39, 0.29) is 17.3 Å². The standard InChI is InChI=1S/C20H20N6O4/c1-29-16-6-5-14(20(25-16)30-2)24-19(28)12-4-3-9-26-17(27)10-15(23-18(12)26)13-7-8-21-11-22-13/h5-8,10-12H,3-4,9H2,1-2H3,(H,24,28). The van der Waals surface area contributed by atoms with Crippen LogP contribution in [0.5, 0.6) is 11.8 Å². The van der Waals surface area contributed by atoms with Crippen LogP contribution in [0.2, 0.25) is 0 Å². The molecule has 4 heterocycles. The van der Waals surface area contributed by atoms with Gasteiger partial charge < -0.3 is 14.8 Å². The Hall–Kier alpha value is -3.82. The molecular formula is C20H20N6O4. The van der Waals surface area contributed by atoms with Crippen LogP contribution in [-0.4, -0.2) is 44.6 Å². The normalized spacial score (nSPS) is 15.2. The lowest BCUT2D eigenvalue weighted by atomic mass is 9.97. The molecule has 10 nitrogen and oxygen atoms in total. The molecule has 0 saturated heterocycles. The number of nitrogens with one attached hydrogen (secondary N) is 1. The minimum absolute atomic E-state index is 0.213. The van der Waals surface area contributed by atoms with Gasteiger partial charge in [-0.3, -0.25) is 14.2 Å². The van der Waals surface area contributed by atoms with Crippen molar-refractivity contribution in [3.05, 3.63) is 53.0 Å². The summed E-state index contributed by atoms with van der Waals surface area (Å²) in [5.74, 6) is 0.134. The number of amides is 1. The van der Waals surface area contributed by atoms with Crippen molar-refractivity contribution >= 4 is 11.6 Å². The van der Waals surface area contributed by atoms with Gasteiger partial charge in [0.15, 0.2) is 0 Å². The summed E-state index contributed by atoms with van der Waals surface area (Å²) in [4.78, 5) is 42.6. The molecule has 4 rings (SSSR count). The Labute approximate surface area is 172 Å². The lowest BCUT2D eigenvalue weighted by molar-refractivity contribution is -0.118. The summed E-state index contributed by atoms with van der Waals surface area (Å²) in [6.45, 7) is 0.516. The fourth-order valence-electron chi connectivity index (χ4n) is 3.43. The Bertz CT molecular complexity index is 1130. The third-order valence-corrected chi connectivity index (χ3v) is 4.88. The first-order valence-corrected chi connectivity index (χ1v) is 9.38. The molecule has 0 saturated carbocycles. The van der Waals surface area contributed by atoms with Crippen LogP contribution in [0.25, 0.3) is 11.4 Å². The summed E-state index contributed by atoms with van der Waals surface area (Å²) in [5, 5.41) is 2.84. The Morgan fingerprint density at radius 2 is 2.03 bits per heavy atom. The Balaban J connectivity index is 1.68. The van der Waals surface area contributed by atoms with Crippen LogP contribution < -0.4 is 20.3 Å². The molecule has 1 N–H and O–H groups in total. The molecule has 154 valence electrons. The van der Waals surface area contributed by atoms with E-state index < -0.39 is 5.92 Å². The highest BCUT2D eigenvalue weighted by atomic mass is 16.5. The first kappa shape index (κ1) is 19.5. The van der Waals surface area contributed by atoms with Crippen LogP contribution in [-0.2, 0) is 11.3 Å². The first-order valence-electron chi connectivity index (χ1n) is 9.38. The molecule has 0 radical (unpaired) electrons. The average molecular weight is 408 g/mol. The van der Waals surface area contributed by atoms with Crippen molar-refractivity contribution in [1.29, 1.82) is 0 Å². The number of rotatable bonds is 5. The molecule has 1 aliphatic rings. The highest BCUT2D eigenvalue weighted by Crippen LogP contribution is 2.30. The van der Waals surface area contributed by atoms with Gasteiger partial charge in [-0.25, -0.2) is 15.0 Å². The molecule has 10 heteroatoms. The maximum atomic E-state index is 13.1. The predicted octanol–water partition coefficient (Wildman–Crippen LogP) is 1.63. The molecule has 1 amide bonds. The topological polar surface area (TPSA) is 121 Å². The minimum Gasteiger partial charge on any atom is -0.481 e. The number of anilines is 1. The van der Waals surface area contributed by atoms with Gasteiger partial charge in [-0.05, 0) is 25.0 Å². The molecule has 3 aromatic heterocycles. The van der Waals surface area contributed by atoms with Crippen LogP contribution in [0.1, 0.15) is 24.6 Å². The van der Waals surface area contributed by atoms with Crippen molar-refractivity contribution in [2.75, 3.05) is 19.5 Å². The van der Waals surface area contributed by atoms with Gasteiger partial charge >= 0.3 is 0 Å². The fraction of sp³-hybridized carbons (Fsp3) is 0.300. The zero-order chi connectivity index (χ0) is 21.1. The summed E-state index contributed by atoms with van der Waals surface area (Å²) >= 11 is 0. The Morgan fingerprint density at radius 1 is 1.17 bits per heavy atom. The second kappa shape index (κ2) is 8.27. The van der Waals surface area contributed by atoms with Gasteiger partial charge in [-0.15, -0.1) is 0 Å². The minimum atomic E-state index is -0.597. The van der Waals surface area contributed by atoms with Gasteiger partial charge in [0.1, 0.15) is 17.8 Å². The fourth-order valence-corrected chi connectivity index (χ4v) is 3.43. The van der Waals surface area contributed by atoms with Crippen LogP contribution in [0.15, 0.2) is 41.6 Å². The predicted molar refractivity (Wildman–Crippen MR) is 107 cm³/mol. The van der Waals surface area contributed by atoms with Crippen molar-refractivity contribution in [3.63, 3.8) is 0 Å². The number of methoxy groups -OCH3 is 2. The largest absolute Gasteiger partial charge is 0.481 e. The lowest BCUT2D eigenvalue weighted by Crippen LogP contribution is -2.35. The molecule has 1 aliphatic heterocycles. The van der Waals surface area contributed by atoms with Crippen molar-refractivity contribution in [1.82, 2.24) is 24.5 Å². The van der Waals surface area contributed by atoms with E-state index in [1.165, 1.54) is 26.6 Å². The molecule has 1 unspecified atom stereocenters. The van der Waals surface area contributed by atoms with Gasteiger partial charge in [0, 0.05) is 24.9 Å². The van der Waals surface area contributed by atoms with Crippen molar-refractivity contribution < 1.29 is 14.3 Å². The van der Waals surface area contributed by atoms with Gasteiger partial charge in [0.05, 0.1) is 31.5 Å². The number of fused-ring (bicyclic) bond motifs is 1. The second-order valence-corrected chi connectivity index (χ2v) is 6.68. The number of pyridine rings is 1. The van der Waals surface area contributed by atoms with E-state index in [2.05, 4.69) is 25.3 Å². The lowest BCUT2D eigenvalue weighted by Gasteiger charge is -2.25. The third-order valence-electron chi connectivity index (χ3n) is 4.88. The highest BCUT2D eigenvalue weighted by molar-refractivity contribution is 5.96. The highest BCUT2D eigenvalue weighted by Gasteiger charge is 2.30. The molecule has 0 fully saturated rings. The molecule has 3 aromatic rings. The zero-order valence-electron chi connectivity index (χ0n) is 16.5. The van der Waals surface area contributed by atoms with Gasteiger partial charge in [0.2, 0.25) is 17.7 Å². The summed E-state index contributed by atoms with van der Waals surface area (Å²) in [6.07, 6.45) is 4.23. The van der Waals surface area contributed by atoms with Crippen molar-refractivity contribution in [2.45, 2.75) is 25.3 Å². The van der Waals surface area contributed by atoms with E-state index in [9.17, 15) is 9.59 Å². The van der Waals surface area contributed by atoms with E-state index >= 15 is 0 Å². The molecule has 1 atom stereocenters. The molecule has 0 bridgehead atoms. The van der Waals surface area contributed by atoms with E-state index in [1.54, 1.807) is 29.0 Å². The molecule has 0 aliphatic carbocycles. The molecule has 0 spiro atoms. The van der Waals surface area contributed by atoms with Crippen LogP contribution in [0, 0.1) is 0 Å². The van der Waals surface area contributed by atoms with Gasteiger partial charge in [0.25, 0.3) is 5.56 Å². The number of carbonyl (C=O) groups is 1. The maximum Gasteiger partial charge on any atom is 0.254 e. The maximum absolute atomic E-state index is 13.1. The summed E-state index contributed by atoms with van der Waals surface area (Å²) in [7, 11) is 2.96. The van der Waals surface area contributed by atoms with Crippen LogP contribution in [0.4, 0.5) is 5.69 Å². The Morgan fingerprint density at radius 3 is 2.77 bits per heavy atom. The average Bonchev–Trinajstić information content (AvgIpc) is 2.79. The quantitative estimate of drug-likeness (QED) is 0.676. The number of hydrogen-bond donors (Lipinski definition) is 1. The first-order chi connectivity index (χ1) is 14.6. The van der Waals surface area contributed by atoms with E-state index in [4.69, 9.17) is 9.47 Å². The number of nitrogens with zero attached hydrogens (tertiary/aromatic N) is 5. The zero-order valence-corrected chi connectivity index (χ0v) is 16.5. The summed E-state index contributed by atoms with van der Waals surface area (Å²) in [6, 6.07) is 6.39. The van der Waals surface area contributed by atoms with Crippen molar-refractivity contribution in [3.8, 4) is 23.1 Å². The van der Waals surface area contributed by atoms with Crippen LogP contribution >= 0.6 is 0 Å². The SMILES string of the molecule is COc1ccc(NC(=O)C2CCCn3c2nc(-c2ccncn2)cc3=O)c(OC)n1. The number of hydrogen-bond acceptors (Lipinski definition) is 8. The second-order valence-electron chi connectivity index (χ2n) is 6.68. The number of ether oxygens (including phenoxy) is 2. The van der Waals surface area contributed by atoms with Crippen LogP contribution in [0.3, 0.4) is 0 Å². The monoisotopic (exact) mass is 408 g/mol. The smallest absolute Gasteiger partial charge is 0.254 e. The van der Waals surface area contributed by atoms with E-state index in [0.29, 0.717) is 48.2 Å². The van der Waals surface area contributed by atoms with E-state index in [0.717, 1.165) is 0 Å². The van der Waals surface area contributed by atoms with Gasteiger partial charge in [-0.1, -0.05) is 0 Å².